The molecule has 0 aliphatic carbocycles. The first-order valence-corrected chi connectivity index (χ1v) is 16.6. The van der Waals surface area contributed by atoms with Gasteiger partial charge in [0.2, 0.25) is 6.29 Å². The molecule has 0 saturated carbocycles. The number of hydrogen-bond acceptors (Lipinski definition) is 8. The molecule has 0 aromatic carbocycles. The van der Waals surface area contributed by atoms with E-state index in [1.807, 2.05) is 13.8 Å². The average molecular weight is 570 g/mol. The lowest BCUT2D eigenvalue weighted by atomic mass is 10.0. The largest absolute Gasteiger partial charge is 0.492 e. The van der Waals surface area contributed by atoms with Crippen LogP contribution in [0.25, 0.3) is 0 Å². The van der Waals surface area contributed by atoms with Gasteiger partial charge in [0, 0.05) is 32.4 Å². The van der Waals surface area contributed by atoms with Gasteiger partial charge in [-0.15, -0.1) is 0 Å². The second-order valence-electron chi connectivity index (χ2n) is 11.9. The number of aromatic nitrogens is 2. The number of aryl methyl sites for hydroxylation is 1. The van der Waals surface area contributed by atoms with Crippen LogP contribution in [0, 0.1) is 17.2 Å². The predicted molar refractivity (Wildman–Crippen MR) is 157 cm³/mol. The summed E-state index contributed by atoms with van der Waals surface area (Å²) in [5.74, 6) is 1.51. The summed E-state index contributed by atoms with van der Waals surface area (Å²) in [5, 5.41) is 12.3. The Kier molecular flexibility index (Phi) is 10.3. The number of carbonyl (C=O) groups is 1. The molecule has 1 aliphatic rings. The first kappa shape index (κ1) is 31.5. The Morgan fingerprint density at radius 3 is 2.52 bits per heavy atom. The predicted octanol–water partition coefficient (Wildman–Crippen LogP) is 6.18. The molecule has 3 heterocycles. The van der Waals surface area contributed by atoms with E-state index in [0.717, 1.165) is 24.0 Å². The number of methoxy groups -OCH3 is 2. The fourth-order valence-electron chi connectivity index (χ4n) is 4.01. The standard InChI is InChI=1S/C29H43N5O5Si/c1-19(2)17-38-23-14-24(31-16-22(23)15-30)32-28(35)34-12-10-11-20-13-21(18-39-40(8,9)29(3,4)5)25(33-26(20)34)27(36-6)37-7/h13-14,16,19,27H,10-12,17-18H2,1-9H3,(H,31,32,35). The molecule has 1 N–H and O–H groups in total. The summed E-state index contributed by atoms with van der Waals surface area (Å²) in [7, 11) is 1.11. The number of amides is 2. The Hall–Kier alpha value is -3.04. The SMILES string of the molecule is COC(OC)c1nc2c(cc1CO[Si](C)(C)C(C)(C)C)CCCN2C(=O)Nc1cc(OCC(C)C)c(C#N)cn1. The van der Waals surface area contributed by atoms with Crippen molar-refractivity contribution in [2.75, 3.05) is 37.6 Å². The van der Waals surface area contributed by atoms with E-state index in [2.05, 4.69) is 56.3 Å². The first-order chi connectivity index (χ1) is 18.8. The quantitative estimate of drug-likeness (QED) is 0.266. The molecular formula is C29H43N5O5Si. The van der Waals surface area contributed by atoms with Crippen molar-refractivity contribution in [1.82, 2.24) is 9.97 Å². The van der Waals surface area contributed by atoms with Gasteiger partial charge in [-0.2, -0.15) is 5.26 Å². The van der Waals surface area contributed by atoms with Crippen LogP contribution < -0.4 is 15.0 Å². The van der Waals surface area contributed by atoms with Crippen LogP contribution >= 0.6 is 0 Å². The molecule has 0 saturated heterocycles. The van der Waals surface area contributed by atoms with Crippen LogP contribution in [0.3, 0.4) is 0 Å². The van der Waals surface area contributed by atoms with Gasteiger partial charge in [-0.1, -0.05) is 34.6 Å². The molecule has 0 atom stereocenters. The van der Waals surface area contributed by atoms with E-state index in [-0.39, 0.29) is 17.0 Å². The van der Waals surface area contributed by atoms with Crippen molar-refractivity contribution in [1.29, 1.82) is 5.26 Å². The van der Waals surface area contributed by atoms with Crippen molar-refractivity contribution < 1.29 is 23.4 Å². The van der Waals surface area contributed by atoms with Gasteiger partial charge in [-0.05, 0) is 48.5 Å². The number of nitrogens with one attached hydrogen (secondary N) is 1. The second kappa shape index (κ2) is 13.1. The van der Waals surface area contributed by atoms with E-state index >= 15 is 0 Å². The molecule has 3 rings (SSSR count). The van der Waals surface area contributed by atoms with Crippen LogP contribution in [0.15, 0.2) is 18.3 Å². The van der Waals surface area contributed by atoms with E-state index in [1.165, 1.54) is 6.20 Å². The van der Waals surface area contributed by atoms with Crippen LogP contribution in [0.1, 0.15) is 69.7 Å². The number of ether oxygens (including phenoxy) is 3. The van der Waals surface area contributed by atoms with Crippen molar-refractivity contribution in [3.05, 3.63) is 40.7 Å². The number of anilines is 2. The fraction of sp³-hybridized carbons (Fsp3) is 0.586. The molecule has 2 amide bonds. The summed E-state index contributed by atoms with van der Waals surface area (Å²) in [6, 6.07) is 5.35. The highest BCUT2D eigenvalue weighted by atomic mass is 28.4. The molecule has 40 heavy (non-hydrogen) atoms. The van der Waals surface area contributed by atoms with Crippen LogP contribution in [-0.4, -0.2) is 51.7 Å². The van der Waals surface area contributed by atoms with E-state index < -0.39 is 14.6 Å². The minimum atomic E-state index is -2.02. The first-order valence-electron chi connectivity index (χ1n) is 13.6. The molecule has 218 valence electrons. The Balaban J connectivity index is 1.92. The Morgan fingerprint density at radius 2 is 1.93 bits per heavy atom. The van der Waals surface area contributed by atoms with E-state index in [1.54, 1.807) is 25.2 Å². The summed E-state index contributed by atoms with van der Waals surface area (Å²) in [6.45, 7) is 16.4. The maximum Gasteiger partial charge on any atom is 0.328 e. The molecule has 0 fully saturated rings. The molecule has 0 spiro atoms. The number of nitriles is 1. The number of pyridine rings is 2. The molecule has 0 radical (unpaired) electrons. The fourth-order valence-corrected chi connectivity index (χ4v) is 4.96. The lowest BCUT2D eigenvalue weighted by Gasteiger charge is -2.36. The van der Waals surface area contributed by atoms with Crippen LogP contribution in [-0.2, 0) is 26.9 Å². The van der Waals surface area contributed by atoms with Crippen molar-refractivity contribution >= 4 is 26.0 Å². The maximum atomic E-state index is 13.5. The van der Waals surface area contributed by atoms with Gasteiger partial charge >= 0.3 is 6.03 Å². The smallest absolute Gasteiger partial charge is 0.328 e. The van der Waals surface area contributed by atoms with Crippen LogP contribution in [0.2, 0.25) is 18.1 Å². The monoisotopic (exact) mass is 569 g/mol. The highest BCUT2D eigenvalue weighted by Gasteiger charge is 2.38. The molecule has 1 aliphatic heterocycles. The average Bonchev–Trinajstić information content (AvgIpc) is 2.90. The van der Waals surface area contributed by atoms with Crippen LogP contribution in [0.5, 0.6) is 5.75 Å². The highest BCUT2D eigenvalue weighted by Crippen LogP contribution is 2.38. The van der Waals surface area contributed by atoms with Gasteiger partial charge in [0.1, 0.15) is 34.7 Å². The Morgan fingerprint density at radius 1 is 1.23 bits per heavy atom. The van der Waals surface area contributed by atoms with Crippen molar-refractivity contribution in [3.8, 4) is 11.8 Å². The maximum absolute atomic E-state index is 13.5. The molecule has 0 unspecified atom stereocenters. The Bertz CT molecular complexity index is 1230. The van der Waals surface area contributed by atoms with Gasteiger partial charge in [0.05, 0.1) is 19.4 Å². The summed E-state index contributed by atoms with van der Waals surface area (Å²) < 4.78 is 23.5. The third kappa shape index (κ3) is 7.37. The zero-order valence-corrected chi connectivity index (χ0v) is 26.3. The Labute approximate surface area is 239 Å². The van der Waals surface area contributed by atoms with Crippen molar-refractivity contribution in [2.24, 2.45) is 5.92 Å². The van der Waals surface area contributed by atoms with Gasteiger partial charge in [0.25, 0.3) is 0 Å². The lowest BCUT2D eigenvalue weighted by molar-refractivity contribution is -0.109. The zero-order chi connectivity index (χ0) is 29.7. The number of rotatable bonds is 10. The summed E-state index contributed by atoms with van der Waals surface area (Å²) >= 11 is 0. The molecule has 0 bridgehead atoms. The van der Waals surface area contributed by atoms with Gasteiger partial charge in [-0.25, -0.2) is 14.8 Å². The molecule has 2 aromatic heterocycles. The topological polar surface area (TPSA) is 119 Å². The van der Waals surface area contributed by atoms with Crippen molar-refractivity contribution in [3.63, 3.8) is 0 Å². The van der Waals surface area contributed by atoms with Gasteiger partial charge in [0.15, 0.2) is 8.32 Å². The lowest BCUT2D eigenvalue weighted by Crippen LogP contribution is -2.41. The third-order valence-corrected chi connectivity index (χ3v) is 11.8. The molecule has 10 nitrogen and oxygen atoms in total. The minimum Gasteiger partial charge on any atom is -0.492 e. The van der Waals surface area contributed by atoms with E-state index in [4.69, 9.17) is 23.6 Å². The van der Waals surface area contributed by atoms with Crippen LogP contribution in [0.4, 0.5) is 16.4 Å². The normalized spacial score (nSPS) is 13.8. The highest BCUT2D eigenvalue weighted by molar-refractivity contribution is 6.74. The summed E-state index contributed by atoms with van der Waals surface area (Å²) in [6.07, 6.45) is 2.26. The second-order valence-corrected chi connectivity index (χ2v) is 16.7. The summed E-state index contributed by atoms with van der Waals surface area (Å²) in [5.41, 5.74) is 2.74. The van der Waals surface area contributed by atoms with Gasteiger partial charge < -0.3 is 18.6 Å². The molecule has 2 aromatic rings. The number of fused-ring (bicyclic) bond motifs is 1. The number of urea groups is 1. The number of carbonyl (C=O) groups excluding carboxylic acids is 1. The molecular weight excluding hydrogens is 526 g/mol. The van der Waals surface area contributed by atoms with Crippen molar-refractivity contribution in [2.45, 2.75) is 78.5 Å². The van der Waals surface area contributed by atoms with E-state index in [9.17, 15) is 10.1 Å². The zero-order valence-electron chi connectivity index (χ0n) is 25.3. The minimum absolute atomic E-state index is 0.0603. The summed E-state index contributed by atoms with van der Waals surface area (Å²) in [4.78, 5) is 24.3. The van der Waals surface area contributed by atoms with Gasteiger partial charge in [-0.3, -0.25) is 10.2 Å². The molecule has 11 heteroatoms. The third-order valence-electron chi connectivity index (χ3n) is 7.36. The van der Waals surface area contributed by atoms with E-state index in [0.29, 0.717) is 48.4 Å². The number of hydrogen-bond donors (Lipinski definition) is 1. The number of nitrogens with zero attached hydrogens (tertiary/aromatic N) is 4.